The highest BCUT2D eigenvalue weighted by Crippen LogP contribution is 2.41. The van der Waals surface area contributed by atoms with Crippen molar-refractivity contribution in [1.82, 2.24) is 5.32 Å². The predicted molar refractivity (Wildman–Crippen MR) is 125 cm³/mol. The number of fused-ring (bicyclic) bond motifs is 1. The molecule has 0 radical (unpaired) electrons. The van der Waals surface area contributed by atoms with Gasteiger partial charge in [-0.1, -0.05) is 54.6 Å². The summed E-state index contributed by atoms with van der Waals surface area (Å²) in [7, 11) is 0. The molecule has 4 rings (SSSR count). The van der Waals surface area contributed by atoms with Crippen LogP contribution in [0.25, 0.3) is 11.1 Å². The van der Waals surface area contributed by atoms with E-state index in [1.54, 1.807) is 6.07 Å². The zero-order valence-electron chi connectivity index (χ0n) is 18.3. The molecule has 0 aliphatic carbocycles. The van der Waals surface area contributed by atoms with Gasteiger partial charge in [-0.2, -0.15) is 0 Å². The molecule has 6 nitrogen and oxygen atoms in total. The number of ether oxygens (including phenoxy) is 1. The molecule has 4 N–H and O–H groups in total. The van der Waals surface area contributed by atoms with Crippen molar-refractivity contribution in [1.29, 1.82) is 0 Å². The Morgan fingerprint density at radius 2 is 1.72 bits per heavy atom. The Kier molecular flexibility index (Phi) is 6.17. The molecule has 1 atom stereocenters. The fourth-order valence-electron chi connectivity index (χ4n) is 3.94. The van der Waals surface area contributed by atoms with E-state index in [-0.39, 0.29) is 29.5 Å². The van der Waals surface area contributed by atoms with Gasteiger partial charge in [0.15, 0.2) is 12.4 Å². The van der Waals surface area contributed by atoms with Crippen LogP contribution >= 0.6 is 0 Å². The normalized spacial score (nSPS) is 14.3. The van der Waals surface area contributed by atoms with E-state index in [0.29, 0.717) is 17.9 Å². The summed E-state index contributed by atoms with van der Waals surface area (Å²) < 4.78 is 5.48. The predicted octanol–water partition coefficient (Wildman–Crippen LogP) is 4.03. The molecule has 1 amide bonds. The standard InChI is InChI=1S/C26H28N2O4/c1-26(2,14-17-8-10-19(11-9-17)18-6-4-3-5-7-18)27-15-22(30)20-12-13-21(29)24-25(20)32-16-23(31)28-24/h3-13,22,27,29-30H,14-16H2,1-2H3,(H,28,31). The van der Waals surface area contributed by atoms with Crippen molar-refractivity contribution < 1.29 is 19.7 Å². The lowest BCUT2D eigenvalue weighted by Gasteiger charge is -2.29. The van der Waals surface area contributed by atoms with Crippen molar-refractivity contribution >= 4 is 11.6 Å². The average Bonchev–Trinajstić information content (AvgIpc) is 2.79. The Bertz CT molecular complexity index is 1090. The van der Waals surface area contributed by atoms with Crippen molar-refractivity contribution in [2.75, 3.05) is 18.5 Å². The minimum absolute atomic E-state index is 0.0868. The van der Waals surface area contributed by atoms with E-state index in [9.17, 15) is 15.0 Å². The smallest absolute Gasteiger partial charge is 0.262 e. The van der Waals surface area contributed by atoms with E-state index in [1.807, 2.05) is 18.2 Å². The van der Waals surface area contributed by atoms with Crippen LogP contribution in [0.2, 0.25) is 0 Å². The Morgan fingerprint density at radius 3 is 2.44 bits per heavy atom. The summed E-state index contributed by atoms with van der Waals surface area (Å²) >= 11 is 0. The summed E-state index contributed by atoms with van der Waals surface area (Å²) in [4.78, 5) is 11.6. The number of anilines is 1. The summed E-state index contributed by atoms with van der Waals surface area (Å²) in [5.74, 6) is -0.110. The SMILES string of the molecule is CC(C)(Cc1ccc(-c2ccccc2)cc1)NCC(O)c1ccc(O)c2c1OCC(=O)N2. The quantitative estimate of drug-likeness (QED) is 0.423. The molecule has 3 aromatic rings. The number of phenols is 1. The van der Waals surface area contributed by atoms with E-state index in [2.05, 4.69) is 60.9 Å². The topological polar surface area (TPSA) is 90.8 Å². The second-order valence-corrected chi connectivity index (χ2v) is 8.74. The van der Waals surface area contributed by atoms with Crippen LogP contribution in [0, 0.1) is 0 Å². The van der Waals surface area contributed by atoms with Crippen molar-refractivity contribution in [3.63, 3.8) is 0 Å². The van der Waals surface area contributed by atoms with Crippen LogP contribution < -0.4 is 15.4 Å². The molecule has 32 heavy (non-hydrogen) atoms. The maximum Gasteiger partial charge on any atom is 0.262 e. The van der Waals surface area contributed by atoms with Crippen LogP contribution in [0.3, 0.4) is 0 Å². The molecule has 1 unspecified atom stereocenters. The van der Waals surface area contributed by atoms with Crippen LogP contribution in [0.4, 0.5) is 5.69 Å². The van der Waals surface area contributed by atoms with E-state index in [0.717, 1.165) is 6.42 Å². The summed E-state index contributed by atoms with van der Waals surface area (Å²) in [5, 5.41) is 26.8. The Morgan fingerprint density at radius 1 is 1.03 bits per heavy atom. The van der Waals surface area contributed by atoms with Gasteiger partial charge in [0, 0.05) is 17.6 Å². The first-order chi connectivity index (χ1) is 15.3. The highest BCUT2D eigenvalue weighted by Gasteiger charge is 2.27. The van der Waals surface area contributed by atoms with Crippen molar-refractivity contribution in [3.05, 3.63) is 77.9 Å². The lowest BCUT2D eigenvalue weighted by atomic mass is 9.93. The van der Waals surface area contributed by atoms with Crippen molar-refractivity contribution in [2.45, 2.75) is 31.9 Å². The second kappa shape index (κ2) is 9.02. The number of aromatic hydroxyl groups is 1. The third kappa shape index (κ3) is 4.93. The lowest BCUT2D eigenvalue weighted by molar-refractivity contribution is -0.118. The van der Waals surface area contributed by atoms with Crippen molar-refractivity contribution in [3.8, 4) is 22.6 Å². The van der Waals surface area contributed by atoms with Crippen LogP contribution in [0.15, 0.2) is 66.7 Å². The van der Waals surface area contributed by atoms with Gasteiger partial charge in [0.25, 0.3) is 5.91 Å². The van der Waals surface area contributed by atoms with Gasteiger partial charge < -0.3 is 25.6 Å². The molecule has 1 heterocycles. The maximum absolute atomic E-state index is 11.6. The zero-order chi connectivity index (χ0) is 22.7. The molecular weight excluding hydrogens is 404 g/mol. The van der Waals surface area contributed by atoms with Crippen molar-refractivity contribution in [2.24, 2.45) is 0 Å². The van der Waals surface area contributed by atoms with E-state index in [1.165, 1.54) is 22.8 Å². The van der Waals surface area contributed by atoms with Gasteiger partial charge in [-0.15, -0.1) is 0 Å². The van der Waals surface area contributed by atoms with Crippen LogP contribution in [0.5, 0.6) is 11.5 Å². The fraction of sp³-hybridized carbons (Fsp3) is 0.269. The number of hydrogen-bond acceptors (Lipinski definition) is 5. The molecule has 3 aromatic carbocycles. The molecule has 0 bridgehead atoms. The first kappa shape index (κ1) is 21.9. The third-order valence-corrected chi connectivity index (χ3v) is 5.62. The van der Waals surface area contributed by atoms with Gasteiger partial charge in [-0.3, -0.25) is 4.79 Å². The number of hydrogen-bond donors (Lipinski definition) is 4. The number of aliphatic hydroxyl groups excluding tert-OH is 1. The van der Waals surface area contributed by atoms with E-state index >= 15 is 0 Å². The number of carbonyl (C=O) groups is 1. The van der Waals surface area contributed by atoms with Gasteiger partial charge in [0.1, 0.15) is 11.4 Å². The van der Waals surface area contributed by atoms with Gasteiger partial charge in [-0.05, 0) is 49.1 Å². The summed E-state index contributed by atoms with van der Waals surface area (Å²) in [6.45, 7) is 4.33. The molecule has 1 aliphatic heterocycles. The number of β-amino-alcohol motifs (C(OH)–C–C–N with tert-alkyl or cyclic N) is 1. The average molecular weight is 433 g/mol. The van der Waals surface area contributed by atoms with Crippen LogP contribution in [-0.2, 0) is 11.2 Å². The molecule has 0 spiro atoms. The minimum atomic E-state index is -0.862. The number of benzene rings is 3. The number of aliphatic hydroxyl groups is 1. The number of phenolic OH excluding ortho intramolecular Hbond substituents is 1. The van der Waals surface area contributed by atoms with E-state index < -0.39 is 6.10 Å². The fourth-order valence-corrected chi connectivity index (χ4v) is 3.94. The first-order valence-corrected chi connectivity index (χ1v) is 10.7. The molecule has 0 aromatic heterocycles. The molecule has 166 valence electrons. The molecule has 0 saturated carbocycles. The number of rotatable bonds is 7. The monoisotopic (exact) mass is 432 g/mol. The Hall–Kier alpha value is -3.35. The largest absolute Gasteiger partial charge is 0.506 e. The van der Waals surface area contributed by atoms with Gasteiger partial charge in [-0.25, -0.2) is 0 Å². The Labute approximate surface area is 187 Å². The molecule has 1 aliphatic rings. The third-order valence-electron chi connectivity index (χ3n) is 5.62. The van der Waals surface area contributed by atoms with Gasteiger partial charge in [0.2, 0.25) is 0 Å². The highest BCUT2D eigenvalue weighted by molar-refractivity contribution is 5.97. The lowest BCUT2D eigenvalue weighted by Crippen LogP contribution is -2.43. The summed E-state index contributed by atoms with van der Waals surface area (Å²) in [5.41, 5.74) is 4.03. The maximum atomic E-state index is 11.6. The molecule has 6 heteroatoms. The first-order valence-electron chi connectivity index (χ1n) is 10.7. The summed E-state index contributed by atoms with van der Waals surface area (Å²) in [6.07, 6.45) is -0.0752. The van der Waals surface area contributed by atoms with Crippen LogP contribution in [0.1, 0.15) is 31.1 Å². The van der Waals surface area contributed by atoms with E-state index in [4.69, 9.17) is 4.74 Å². The summed E-state index contributed by atoms with van der Waals surface area (Å²) in [6, 6.07) is 21.9. The second-order valence-electron chi connectivity index (χ2n) is 8.74. The zero-order valence-corrected chi connectivity index (χ0v) is 18.3. The molecule has 0 fully saturated rings. The minimum Gasteiger partial charge on any atom is -0.506 e. The molecular formula is C26H28N2O4. The number of carbonyl (C=O) groups excluding carboxylic acids is 1. The highest BCUT2D eigenvalue weighted by atomic mass is 16.5. The number of amides is 1. The van der Waals surface area contributed by atoms with Gasteiger partial charge in [0.05, 0.1) is 6.10 Å². The Balaban J connectivity index is 1.40. The van der Waals surface area contributed by atoms with Gasteiger partial charge >= 0.3 is 0 Å². The number of nitrogens with one attached hydrogen (secondary N) is 2. The molecule has 0 saturated heterocycles. The van der Waals surface area contributed by atoms with Crippen LogP contribution in [-0.4, -0.2) is 34.8 Å².